The minimum absolute atomic E-state index is 0.0107. The van der Waals surface area contributed by atoms with Crippen molar-refractivity contribution in [1.82, 2.24) is 26.2 Å². The molecule has 68 heavy (non-hydrogen) atoms. The number of fused-ring (bicyclic) bond motifs is 5. The molecule has 1 heterocycles. The molecule has 10 N–H and O–H groups in total. The maximum atomic E-state index is 14.8. The highest BCUT2D eigenvalue weighted by Gasteiger charge is 2.36. The Morgan fingerprint density at radius 1 is 0.750 bits per heavy atom. The van der Waals surface area contributed by atoms with Crippen LogP contribution < -0.4 is 47.9 Å². The van der Waals surface area contributed by atoms with Crippen LogP contribution in [0.4, 0.5) is 0 Å². The summed E-state index contributed by atoms with van der Waals surface area (Å²) in [5.41, 5.74) is 23.9. The van der Waals surface area contributed by atoms with Gasteiger partial charge in [0.2, 0.25) is 23.6 Å². The standard InChI is InChI=1S/C52H59N9O7/c1-33-48(62)60-44(50(64)57-27-24-54)31-34-11-21-45(67-28-25-55)41(30-34)42-32-40(20-22-46(42)68-29-26-56)47(51(65)58-33)61(2)52(66)43(10-6-7-23-53)59-49(63)39-18-16-38(17-19-39)37-14-12-36(13-15-37)35-8-4-3-5-9-35/h3-5,8-9,11-22,30,32-33,43-44,47H,6-7,10,23,25-29,31,53,55-56H2,1-2H3,(H,57,64)(H,58,65)(H,59,63)(H,60,62)/t33-,43-,44-,47-/m0/s1. The average Bonchev–Trinajstić information content (AvgIpc) is 3.36. The van der Waals surface area contributed by atoms with Gasteiger partial charge in [-0.15, -0.1) is 0 Å². The molecule has 0 saturated carbocycles. The van der Waals surface area contributed by atoms with E-state index in [1.54, 1.807) is 48.5 Å². The number of carbonyl (C=O) groups is 5. The Morgan fingerprint density at radius 2 is 1.34 bits per heavy atom. The first kappa shape index (κ1) is 49.8. The van der Waals surface area contributed by atoms with Crippen LogP contribution in [0, 0.1) is 11.3 Å². The summed E-state index contributed by atoms with van der Waals surface area (Å²) in [4.78, 5) is 71.9. The summed E-state index contributed by atoms with van der Waals surface area (Å²) in [5, 5.41) is 20.1. The van der Waals surface area contributed by atoms with E-state index in [-0.39, 0.29) is 45.7 Å². The lowest BCUT2D eigenvalue weighted by Gasteiger charge is -2.32. The lowest BCUT2D eigenvalue weighted by molar-refractivity contribution is -0.141. The van der Waals surface area contributed by atoms with Crippen molar-refractivity contribution >= 4 is 29.5 Å². The number of ether oxygens (including phenoxy) is 2. The topological polar surface area (TPSA) is 257 Å². The number of rotatable bonds is 18. The van der Waals surface area contributed by atoms with Crippen LogP contribution in [0.5, 0.6) is 11.5 Å². The number of benzene rings is 5. The molecule has 1 aliphatic rings. The van der Waals surface area contributed by atoms with Crippen LogP contribution in [0.1, 0.15) is 53.7 Å². The molecule has 0 spiro atoms. The molecular formula is C52H59N9O7. The van der Waals surface area contributed by atoms with Gasteiger partial charge in [-0.05, 0) is 103 Å². The van der Waals surface area contributed by atoms with E-state index >= 15 is 0 Å². The third-order valence-corrected chi connectivity index (χ3v) is 11.6. The highest BCUT2D eigenvalue weighted by Crippen LogP contribution is 2.40. The molecule has 1 aliphatic heterocycles. The second kappa shape index (κ2) is 24.3. The SMILES string of the molecule is C[C@@H]1NC(=O)[C@@H](N(C)C(=O)[C@H](CCCCN)NC(=O)c2ccc(-c3ccc(-c4ccccc4)cc3)cc2)c2ccc(OCCN)c(c2)-c2cc(ccc2OCCN)C[C@@H](C(=O)NCC#N)NC1=O. The molecule has 0 aliphatic carbocycles. The first-order valence-electron chi connectivity index (χ1n) is 22.7. The van der Waals surface area contributed by atoms with Gasteiger partial charge in [-0.1, -0.05) is 78.9 Å². The average molecular weight is 922 g/mol. The number of hydrogen-bond acceptors (Lipinski definition) is 11. The molecule has 0 unspecified atom stereocenters. The summed E-state index contributed by atoms with van der Waals surface area (Å²) in [7, 11) is 1.46. The first-order chi connectivity index (χ1) is 33.0. The van der Waals surface area contributed by atoms with E-state index in [2.05, 4.69) is 33.4 Å². The smallest absolute Gasteiger partial charge is 0.251 e. The van der Waals surface area contributed by atoms with E-state index in [0.717, 1.165) is 22.3 Å². The number of nitrogens with zero attached hydrogens (tertiary/aromatic N) is 2. The maximum Gasteiger partial charge on any atom is 0.251 e. The Bertz CT molecular complexity index is 2580. The van der Waals surface area contributed by atoms with Crippen LogP contribution >= 0.6 is 0 Å². The number of nitrogens with one attached hydrogen (secondary N) is 4. The Hall–Kier alpha value is -7.58. The Kier molecular flexibility index (Phi) is 17.8. The summed E-state index contributed by atoms with van der Waals surface area (Å²) >= 11 is 0. The Balaban J connectivity index is 1.36. The van der Waals surface area contributed by atoms with Gasteiger partial charge in [-0.2, -0.15) is 5.26 Å². The largest absolute Gasteiger partial charge is 0.492 e. The molecular weight excluding hydrogens is 863 g/mol. The van der Waals surface area contributed by atoms with Crippen LogP contribution in [0.15, 0.2) is 115 Å². The molecule has 4 atom stereocenters. The van der Waals surface area contributed by atoms with Crippen molar-refractivity contribution < 1.29 is 33.4 Å². The first-order valence-corrected chi connectivity index (χ1v) is 22.7. The predicted octanol–water partition coefficient (Wildman–Crippen LogP) is 3.98. The van der Waals surface area contributed by atoms with Gasteiger partial charge in [0, 0.05) is 43.2 Å². The highest BCUT2D eigenvalue weighted by atomic mass is 16.5. The number of hydrogen-bond donors (Lipinski definition) is 7. The zero-order chi connectivity index (χ0) is 48.6. The molecule has 5 amide bonds. The third kappa shape index (κ3) is 12.6. The number of amides is 5. The summed E-state index contributed by atoms with van der Waals surface area (Å²) < 4.78 is 12.2. The molecule has 6 rings (SSSR count). The summed E-state index contributed by atoms with van der Waals surface area (Å²) in [6, 6.07) is 32.7. The zero-order valence-corrected chi connectivity index (χ0v) is 38.3. The summed E-state index contributed by atoms with van der Waals surface area (Å²) in [6.45, 7) is 2.23. The lowest BCUT2D eigenvalue weighted by atomic mass is 9.93. The van der Waals surface area contributed by atoms with E-state index in [9.17, 15) is 29.2 Å². The van der Waals surface area contributed by atoms with Crippen molar-refractivity contribution in [3.8, 4) is 50.9 Å². The fourth-order valence-electron chi connectivity index (χ4n) is 8.00. The zero-order valence-electron chi connectivity index (χ0n) is 38.3. The second-order valence-corrected chi connectivity index (χ2v) is 16.4. The van der Waals surface area contributed by atoms with Crippen molar-refractivity contribution in [2.45, 2.75) is 56.8 Å². The van der Waals surface area contributed by atoms with Gasteiger partial charge in [0.15, 0.2) is 0 Å². The van der Waals surface area contributed by atoms with E-state index in [1.807, 2.05) is 60.7 Å². The number of nitrogens with two attached hydrogens (primary N) is 3. The molecule has 0 saturated heterocycles. The van der Waals surface area contributed by atoms with Crippen LogP contribution in [0.3, 0.4) is 0 Å². The molecule has 354 valence electrons. The van der Waals surface area contributed by atoms with E-state index in [1.165, 1.54) is 18.9 Å². The van der Waals surface area contributed by atoms with Crippen molar-refractivity contribution in [2.24, 2.45) is 17.2 Å². The molecule has 16 nitrogen and oxygen atoms in total. The van der Waals surface area contributed by atoms with Gasteiger partial charge >= 0.3 is 0 Å². The number of likely N-dealkylation sites (N-methyl/N-ethyl adjacent to an activating group) is 1. The minimum Gasteiger partial charge on any atom is -0.492 e. The monoisotopic (exact) mass is 921 g/mol. The number of nitriles is 1. The molecule has 4 bridgehead atoms. The minimum atomic E-state index is -1.37. The lowest BCUT2D eigenvalue weighted by Crippen LogP contribution is -2.56. The van der Waals surface area contributed by atoms with Gasteiger partial charge in [0.05, 0.1) is 6.07 Å². The Morgan fingerprint density at radius 3 is 1.94 bits per heavy atom. The van der Waals surface area contributed by atoms with Crippen LogP contribution in [-0.4, -0.2) is 99.0 Å². The van der Waals surface area contributed by atoms with Crippen molar-refractivity contribution in [2.75, 3.05) is 46.4 Å². The fourth-order valence-corrected chi connectivity index (χ4v) is 8.00. The van der Waals surface area contributed by atoms with Crippen molar-refractivity contribution in [1.29, 1.82) is 5.26 Å². The molecule has 0 radical (unpaired) electrons. The fraction of sp³-hybridized carbons (Fsp3) is 0.308. The number of carbonyl (C=O) groups excluding carboxylic acids is 5. The molecule has 0 fully saturated rings. The van der Waals surface area contributed by atoms with Gasteiger partial charge in [0.1, 0.15) is 55.4 Å². The van der Waals surface area contributed by atoms with Crippen molar-refractivity contribution in [3.63, 3.8) is 0 Å². The maximum absolute atomic E-state index is 14.8. The van der Waals surface area contributed by atoms with Gasteiger partial charge in [-0.3, -0.25) is 24.0 Å². The van der Waals surface area contributed by atoms with Crippen LogP contribution in [0.25, 0.3) is 33.4 Å². The second-order valence-electron chi connectivity index (χ2n) is 16.4. The van der Waals surface area contributed by atoms with Gasteiger partial charge in [-0.25, -0.2) is 0 Å². The number of unbranched alkanes of at least 4 members (excludes halogenated alkanes) is 1. The normalized spacial score (nSPS) is 16.1. The van der Waals surface area contributed by atoms with Crippen LogP contribution in [-0.2, 0) is 25.6 Å². The van der Waals surface area contributed by atoms with Crippen LogP contribution in [0.2, 0.25) is 0 Å². The van der Waals surface area contributed by atoms with E-state index in [4.69, 9.17) is 26.7 Å². The Labute approximate surface area is 396 Å². The highest BCUT2D eigenvalue weighted by molar-refractivity contribution is 5.99. The molecule has 16 heteroatoms. The molecule has 5 aromatic rings. The van der Waals surface area contributed by atoms with Gasteiger partial charge < -0.3 is 52.8 Å². The molecule has 0 aromatic heterocycles. The summed E-state index contributed by atoms with van der Waals surface area (Å²) in [6.07, 6.45) is 1.30. The van der Waals surface area contributed by atoms with E-state index < -0.39 is 53.7 Å². The summed E-state index contributed by atoms with van der Waals surface area (Å²) in [5.74, 6) is -2.28. The van der Waals surface area contributed by atoms with Gasteiger partial charge in [0.25, 0.3) is 5.91 Å². The quantitative estimate of drug-likeness (QED) is 0.0489. The van der Waals surface area contributed by atoms with E-state index in [0.29, 0.717) is 58.7 Å². The molecule has 5 aromatic carbocycles. The third-order valence-electron chi connectivity index (χ3n) is 11.6. The predicted molar refractivity (Wildman–Crippen MR) is 260 cm³/mol. The van der Waals surface area contributed by atoms with Crippen molar-refractivity contribution in [3.05, 3.63) is 132 Å².